The van der Waals surface area contributed by atoms with Gasteiger partial charge in [-0.15, -0.1) is 5.16 Å². The Morgan fingerprint density at radius 2 is 1.91 bits per heavy atom. The summed E-state index contributed by atoms with van der Waals surface area (Å²) in [5, 5.41) is 14.3. The predicted molar refractivity (Wildman–Crippen MR) is 129 cm³/mol. The van der Waals surface area contributed by atoms with Gasteiger partial charge in [-0.2, -0.15) is 0 Å². The quantitative estimate of drug-likeness (QED) is 0.481. The van der Waals surface area contributed by atoms with Crippen LogP contribution in [-0.2, 0) is 4.76 Å². The fraction of sp³-hybridized carbons (Fsp3) is 0.154. The minimum atomic E-state index is -1.07. The maximum absolute atomic E-state index is 12.7. The first-order chi connectivity index (χ1) is 15.9. The second kappa shape index (κ2) is 8.26. The molecule has 4 aromatic rings. The zero-order valence-electron chi connectivity index (χ0n) is 18.5. The fourth-order valence-electron chi connectivity index (χ4n) is 4.16. The highest BCUT2D eigenvalue weighted by Crippen LogP contribution is 2.35. The first-order valence-electron chi connectivity index (χ1n) is 10.7. The molecule has 3 aromatic carbocycles. The van der Waals surface area contributed by atoms with Crippen molar-refractivity contribution in [2.75, 3.05) is 0 Å². The van der Waals surface area contributed by atoms with Crippen molar-refractivity contribution in [3.63, 3.8) is 0 Å². The van der Waals surface area contributed by atoms with E-state index in [9.17, 15) is 9.82 Å². The molecular formula is C26H22BNO5. The number of ether oxygens (including phenoxy) is 1. The monoisotopic (exact) mass is 439 g/mol. The van der Waals surface area contributed by atoms with Crippen molar-refractivity contribution in [2.24, 2.45) is 5.16 Å². The Hall–Kier alpha value is -3.84. The number of oxime groups is 1. The van der Waals surface area contributed by atoms with Crippen LogP contribution in [0.2, 0.25) is 0 Å². The van der Waals surface area contributed by atoms with E-state index in [0.29, 0.717) is 27.7 Å². The van der Waals surface area contributed by atoms with Gasteiger partial charge in [-0.1, -0.05) is 30.3 Å². The van der Waals surface area contributed by atoms with Crippen molar-refractivity contribution < 1.29 is 18.9 Å². The molecule has 164 valence electrons. The van der Waals surface area contributed by atoms with Crippen LogP contribution in [-0.4, -0.2) is 18.4 Å². The van der Waals surface area contributed by atoms with Crippen LogP contribution in [0.25, 0.3) is 22.1 Å². The summed E-state index contributed by atoms with van der Waals surface area (Å²) in [5.74, 6) is 0.693. The van der Waals surface area contributed by atoms with E-state index in [0.717, 1.165) is 27.8 Å². The standard InChI is InChI=1S/C26H22BNO5/c1-15-10-21(26-22(11-15)25(29)16(2)14-31-26)17(3)32-24-7-5-4-6-20(24)18-8-9-23-19(12-18)13-28-33-27(23)30/h4-14,17,30H,1-3H3. The number of aryl methyl sites for hydroxylation is 2. The Bertz CT molecular complexity index is 1460. The fourth-order valence-corrected chi connectivity index (χ4v) is 4.16. The van der Waals surface area contributed by atoms with E-state index in [4.69, 9.17) is 13.9 Å². The third-order valence-electron chi connectivity index (χ3n) is 5.86. The Kier molecular flexibility index (Phi) is 5.26. The lowest BCUT2D eigenvalue weighted by Gasteiger charge is -2.20. The highest BCUT2D eigenvalue weighted by Gasteiger charge is 2.25. The Labute approximate surface area is 191 Å². The third-order valence-corrected chi connectivity index (χ3v) is 5.86. The van der Waals surface area contributed by atoms with Gasteiger partial charge in [-0.25, -0.2) is 0 Å². The summed E-state index contributed by atoms with van der Waals surface area (Å²) >= 11 is 0. The van der Waals surface area contributed by atoms with E-state index in [1.165, 1.54) is 6.26 Å². The van der Waals surface area contributed by atoms with Gasteiger partial charge in [-0.3, -0.25) is 4.79 Å². The molecule has 1 aromatic heterocycles. The van der Waals surface area contributed by atoms with Crippen LogP contribution in [0.5, 0.6) is 5.75 Å². The Morgan fingerprint density at radius 1 is 1.09 bits per heavy atom. The highest BCUT2D eigenvalue weighted by molar-refractivity contribution is 6.62. The zero-order chi connectivity index (χ0) is 23.1. The van der Waals surface area contributed by atoms with E-state index in [1.54, 1.807) is 13.1 Å². The van der Waals surface area contributed by atoms with E-state index in [-0.39, 0.29) is 11.5 Å². The predicted octanol–water partition coefficient (Wildman–Crippen LogP) is 4.27. The van der Waals surface area contributed by atoms with Crippen molar-refractivity contribution in [3.8, 4) is 16.9 Å². The van der Waals surface area contributed by atoms with Crippen LogP contribution in [0.3, 0.4) is 0 Å². The number of rotatable bonds is 4. The summed E-state index contributed by atoms with van der Waals surface area (Å²) in [7, 11) is -1.07. The van der Waals surface area contributed by atoms with Crippen LogP contribution in [0.15, 0.2) is 75.2 Å². The molecule has 2 heterocycles. The number of hydrogen-bond acceptors (Lipinski definition) is 6. The summed E-state index contributed by atoms with van der Waals surface area (Å²) in [6, 6.07) is 17.3. The minimum absolute atomic E-state index is 0.0318. The van der Waals surface area contributed by atoms with Gasteiger partial charge in [-0.05, 0) is 61.7 Å². The van der Waals surface area contributed by atoms with Crippen LogP contribution in [0.1, 0.15) is 35.3 Å². The first kappa shape index (κ1) is 21.0. The summed E-state index contributed by atoms with van der Waals surface area (Å²) < 4.78 is 17.1. The molecule has 1 unspecified atom stereocenters. The van der Waals surface area contributed by atoms with Crippen LogP contribution in [0, 0.1) is 13.8 Å². The SMILES string of the molecule is Cc1cc(C(C)Oc2ccccc2-c2ccc3c(c2)C=NOB3O)c2occ(C)c(=O)c2c1. The summed E-state index contributed by atoms with van der Waals surface area (Å²) in [4.78, 5) is 12.7. The molecule has 0 radical (unpaired) electrons. The van der Waals surface area contributed by atoms with Crippen LogP contribution < -0.4 is 15.6 Å². The molecule has 1 aliphatic rings. The maximum Gasteiger partial charge on any atom is 0.583 e. The molecule has 0 saturated heterocycles. The van der Waals surface area contributed by atoms with E-state index >= 15 is 0 Å². The molecule has 6 nitrogen and oxygen atoms in total. The second-order valence-corrected chi connectivity index (χ2v) is 8.27. The average molecular weight is 439 g/mol. The number of para-hydroxylation sites is 1. The van der Waals surface area contributed by atoms with E-state index < -0.39 is 7.12 Å². The van der Waals surface area contributed by atoms with Crippen molar-refractivity contribution in [1.82, 2.24) is 0 Å². The van der Waals surface area contributed by atoms with Gasteiger partial charge < -0.3 is 18.9 Å². The molecule has 0 fully saturated rings. The molecule has 33 heavy (non-hydrogen) atoms. The molecule has 7 heteroatoms. The smallest absolute Gasteiger partial charge is 0.485 e. The number of nitrogens with zero attached hydrogens (tertiary/aromatic N) is 1. The minimum Gasteiger partial charge on any atom is -0.485 e. The molecule has 5 rings (SSSR count). The molecule has 0 aliphatic carbocycles. The van der Waals surface area contributed by atoms with Gasteiger partial charge in [0.2, 0.25) is 0 Å². The molecule has 1 atom stereocenters. The summed E-state index contributed by atoms with van der Waals surface area (Å²) in [6.07, 6.45) is 2.71. The second-order valence-electron chi connectivity index (χ2n) is 8.27. The van der Waals surface area contributed by atoms with Gasteiger partial charge in [0.15, 0.2) is 5.43 Å². The zero-order valence-corrected chi connectivity index (χ0v) is 18.5. The lowest BCUT2D eigenvalue weighted by molar-refractivity contribution is 0.228. The molecule has 0 amide bonds. The lowest BCUT2D eigenvalue weighted by atomic mass is 9.75. The molecule has 0 spiro atoms. The van der Waals surface area contributed by atoms with Crippen molar-refractivity contribution in [3.05, 3.63) is 93.3 Å². The third kappa shape index (κ3) is 3.81. The van der Waals surface area contributed by atoms with E-state index in [2.05, 4.69) is 5.16 Å². The first-order valence-corrected chi connectivity index (χ1v) is 10.7. The molecule has 1 N–H and O–H groups in total. The van der Waals surface area contributed by atoms with Crippen LogP contribution >= 0.6 is 0 Å². The topological polar surface area (TPSA) is 81.3 Å². The van der Waals surface area contributed by atoms with Crippen LogP contribution in [0.4, 0.5) is 0 Å². The maximum atomic E-state index is 12.7. The highest BCUT2D eigenvalue weighted by atomic mass is 16.6. The molecule has 1 aliphatic heterocycles. The largest absolute Gasteiger partial charge is 0.583 e. The van der Waals surface area contributed by atoms with Gasteiger partial charge >= 0.3 is 7.12 Å². The van der Waals surface area contributed by atoms with Gasteiger partial charge in [0.25, 0.3) is 0 Å². The van der Waals surface area contributed by atoms with Crippen molar-refractivity contribution >= 4 is 29.8 Å². The van der Waals surface area contributed by atoms with Gasteiger partial charge in [0, 0.05) is 22.2 Å². The van der Waals surface area contributed by atoms with Gasteiger partial charge in [0.05, 0.1) is 17.9 Å². The normalized spacial score (nSPS) is 13.5. The average Bonchev–Trinajstić information content (AvgIpc) is 2.81. The molecule has 0 bridgehead atoms. The number of benzene rings is 3. The Morgan fingerprint density at radius 3 is 2.76 bits per heavy atom. The lowest BCUT2D eigenvalue weighted by Crippen LogP contribution is -2.37. The van der Waals surface area contributed by atoms with Gasteiger partial charge in [0.1, 0.15) is 17.4 Å². The van der Waals surface area contributed by atoms with Crippen molar-refractivity contribution in [1.29, 1.82) is 0 Å². The summed E-state index contributed by atoms with van der Waals surface area (Å²) in [5.41, 5.74) is 6.14. The molecular weight excluding hydrogens is 417 g/mol. The van der Waals surface area contributed by atoms with E-state index in [1.807, 2.05) is 68.4 Å². The number of hydrogen-bond donors (Lipinski definition) is 1. The molecule has 0 saturated carbocycles. The Balaban J connectivity index is 1.54. The summed E-state index contributed by atoms with van der Waals surface area (Å²) in [6.45, 7) is 5.65. The number of fused-ring (bicyclic) bond motifs is 2. The van der Waals surface area contributed by atoms with Crippen molar-refractivity contribution in [2.45, 2.75) is 26.9 Å².